The quantitative estimate of drug-likeness (QED) is 0.941. The zero-order chi connectivity index (χ0) is 15.9. The van der Waals surface area contributed by atoms with Gasteiger partial charge in [-0.15, -0.1) is 0 Å². The number of anilines is 1. The normalized spacial score (nSPS) is 9.86. The van der Waals surface area contributed by atoms with Gasteiger partial charge in [-0.05, 0) is 18.2 Å². The molecule has 0 aromatic heterocycles. The van der Waals surface area contributed by atoms with Crippen molar-refractivity contribution in [3.05, 3.63) is 60.2 Å². The van der Waals surface area contributed by atoms with Crippen molar-refractivity contribution in [1.29, 1.82) is 0 Å². The monoisotopic (exact) mass is 300 g/mol. The molecule has 6 nitrogen and oxygen atoms in total. The number of ether oxygens (including phenoxy) is 2. The third kappa shape index (κ3) is 3.76. The van der Waals surface area contributed by atoms with E-state index in [1.54, 1.807) is 36.4 Å². The van der Waals surface area contributed by atoms with E-state index in [2.05, 4.69) is 0 Å². The molecule has 0 aliphatic rings. The number of para-hydroxylation sites is 2. The number of rotatable bonds is 4. The van der Waals surface area contributed by atoms with Crippen molar-refractivity contribution < 1.29 is 19.1 Å². The first-order chi connectivity index (χ1) is 10.6. The number of nitrogens with zero attached hydrogens (tertiary/aromatic N) is 1. The molecule has 0 heterocycles. The molecule has 6 heteroatoms. The number of amides is 2. The van der Waals surface area contributed by atoms with E-state index in [0.717, 1.165) is 0 Å². The lowest BCUT2D eigenvalue weighted by molar-refractivity contribution is 0.178. The Balaban J connectivity index is 2.32. The van der Waals surface area contributed by atoms with Gasteiger partial charge in [0.1, 0.15) is 5.75 Å². The number of carbonyl (C=O) groups is 2. The van der Waals surface area contributed by atoms with Crippen LogP contribution in [0.4, 0.5) is 15.3 Å². The topological polar surface area (TPSA) is 81.9 Å². The maximum Gasteiger partial charge on any atom is 0.414 e. The molecule has 0 fully saturated rings. The van der Waals surface area contributed by atoms with Crippen LogP contribution in [0.1, 0.15) is 5.56 Å². The molecule has 114 valence electrons. The second-order valence-corrected chi connectivity index (χ2v) is 4.42. The molecule has 2 amide bonds. The van der Waals surface area contributed by atoms with Crippen molar-refractivity contribution in [1.82, 2.24) is 0 Å². The van der Waals surface area contributed by atoms with Gasteiger partial charge in [0.2, 0.25) is 0 Å². The predicted molar refractivity (Wildman–Crippen MR) is 81.7 cm³/mol. The number of primary amides is 1. The van der Waals surface area contributed by atoms with Crippen LogP contribution in [0.3, 0.4) is 0 Å². The van der Waals surface area contributed by atoms with E-state index in [-0.39, 0.29) is 6.54 Å². The molecular formula is C16H16N2O4. The molecule has 0 aliphatic heterocycles. The average molecular weight is 300 g/mol. The van der Waals surface area contributed by atoms with Crippen molar-refractivity contribution in [3.63, 3.8) is 0 Å². The molecule has 2 rings (SSSR count). The highest BCUT2D eigenvalue weighted by Crippen LogP contribution is 2.24. The SMILES string of the molecule is COC(=O)N(Cc1ccccc1OC(N)=O)c1ccccc1. The summed E-state index contributed by atoms with van der Waals surface area (Å²) in [5.41, 5.74) is 6.36. The minimum Gasteiger partial charge on any atom is -0.452 e. The molecule has 0 bridgehead atoms. The molecule has 22 heavy (non-hydrogen) atoms. The lowest BCUT2D eigenvalue weighted by atomic mass is 10.1. The van der Waals surface area contributed by atoms with Crippen LogP contribution in [0.25, 0.3) is 0 Å². The molecule has 0 spiro atoms. The van der Waals surface area contributed by atoms with E-state index in [1.807, 2.05) is 18.2 Å². The number of hydrogen-bond donors (Lipinski definition) is 1. The number of benzene rings is 2. The molecule has 0 aliphatic carbocycles. The van der Waals surface area contributed by atoms with Crippen molar-refractivity contribution >= 4 is 17.9 Å². The van der Waals surface area contributed by atoms with Gasteiger partial charge < -0.3 is 15.2 Å². The fourth-order valence-electron chi connectivity index (χ4n) is 1.99. The summed E-state index contributed by atoms with van der Waals surface area (Å²) in [4.78, 5) is 24.4. The molecule has 0 saturated carbocycles. The average Bonchev–Trinajstić information content (AvgIpc) is 2.53. The van der Waals surface area contributed by atoms with E-state index in [4.69, 9.17) is 15.2 Å². The number of carbonyl (C=O) groups excluding carboxylic acids is 2. The van der Waals surface area contributed by atoms with Crippen LogP contribution in [-0.2, 0) is 11.3 Å². The van der Waals surface area contributed by atoms with Crippen LogP contribution in [0, 0.1) is 0 Å². The number of nitrogens with two attached hydrogens (primary N) is 1. The first kappa shape index (κ1) is 15.4. The Hall–Kier alpha value is -3.02. The highest BCUT2D eigenvalue weighted by Gasteiger charge is 2.18. The number of hydrogen-bond acceptors (Lipinski definition) is 4. The highest BCUT2D eigenvalue weighted by molar-refractivity contribution is 5.87. The Morgan fingerprint density at radius 2 is 1.68 bits per heavy atom. The maximum absolute atomic E-state index is 12.0. The van der Waals surface area contributed by atoms with Crippen molar-refractivity contribution in [2.45, 2.75) is 6.54 Å². The maximum atomic E-state index is 12.0. The van der Waals surface area contributed by atoms with Crippen LogP contribution >= 0.6 is 0 Å². The second kappa shape index (κ2) is 7.12. The van der Waals surface area contributed by atoms with Crippen molar-refractivity contribution in [3.8, 4) is 5.75 Å². The summed E-state index contributed by atoms with van der Waals surface area (Å²) >= 11 is 0. The van der Waals surface area contributed by atoms with Gasteiger partial charge in [0.15, 0.2) is 0 Å². The molecule has 0 radical (unpaired) electrons. The Labute approximate surface area is 128 Å². The Kier molecular flexibility index (Phi) is 4.98. The first-order valence-electron chi connectivity index (χ1n) is 6.57. The van der Waals surface area contributed by atoms with Crippen LogP contribution in [0.15, 0.2) is 54.6 Å². The van der Waals surface area contributed by atoms with Gasteiger partial charge >= 0.3 is 12.2 Å². The summed E-state index contributed by atoms with van der Waals surface area (Å²) < 4.78 is 9.77. The van der Waals surface area contributed by atoms with E-state index in [0.29, 0.717) is 17.0 Å². The molecule has 2 aromatic carbocycles. The summed E-state index contributed by atoms with van der Waals surface area (Å²) in [5, 5.41) is 0. The second-order valence-electron chi connectivity index (χ2n) is 4.42. The fourth-order valence-corrected chi connectivity index (χ4v) is 1.99. The number of methoxy groups -OCH3 is 1. The van der Waals surface area contributed by atoms with E-state index in [1.165, 1.54) is 12.0 Å². The minimum atomic E-state index is -0.906. The van der Waals surface area contributed by atoms with Gasteiger partial charge in [0, 0.05) is 11.3 Å². The largest absolute Gasteiger partial charge is 0.452 e. The summed E-state index contributed by atoms with van der Waals surface area (Å²) in [6, 6.07) is 15.9. The zero-order valence-corrected chi connectivity index (χ0v) is 12.1. The summed E-state index contributed by atoms with van der Waals surface area (Å²) in [6.45, 7) is 0.181. The summed E-state index contributed by atoms with van der Waals surface area (Å²) in [6.07, 6.45) is -1.42. The summed E-state index contributed by atoms with van der Waals surface area (Å²) in [5.74, 6) is 0.305. The Morgan fingerprint density at radius 3 is 2.32 bits per heavy atom. The van der Waals surface area contributed by atoms with Crippen LogP contribution < -0.4 is 15.4 Å². The van der Waals surface area contributed by atoms with Crippen LogP contribution in [0.5, 0.6) is 5.75 Å². The van der Waals surface area contributed by atoms with E-state index < -0.39 is 12.2 Å². The zero-order valence-electron chi connectivity index (χ0n) is 12.1. The van der Waals surface area contributed by atoms with Crippen molar-refractivity contribution in [2.75, 3.05) is 12.0 Å². The molecule has 2 N–H and O–H groups in total. The lowest BCUT2D eigenvalue weighted by Gasteiger charge is -2.22. The van der Waals surface area contributed by atoms with Crippen LogP contribution in [-0.4, -0.2) is 19.3 Å². The fraction of sp³-hybridized carbons (Fsp3) is 0.125. The highest BCUT2D eigenvalue weighted by atomic mass is 16.6. The van der Waals surface area contributed by atoms with Gasteiger partial charge in [0.25, 0.3) is 0 Å². The third-order valence-corrected chi connectivity index (χ3v) is 2.97. The molecule has 0 atom stereocenters. The van der Waals surface area contributed by atoms with Crippen molar-refractivity contribution in [2.24, 2.45) is 5.73 Å². The van der Waals surface area contributed by atoms with Gasteiger partial charge in [0.05, 0.1) is 13.7 Å². The van der Waals surface area contributed by atoms with Gasteiger partial charge in [-0.1, -0.05) is 36.4 Å². The third-order valence-electron chi connectivity index (χ3n) is 2.97. The predicted octanol–water partition coefficient (Wildman–Crippen LogP) is 2.92. The first-order valence-corrected chi connectivity index (χ1v) is 6.57. The van der Waals surface area contributed by atoms with E-state index in [9.17, 15) is 9.59 Å². The standard InChI is InChI=1S/C16H16N2O4/c1-21-16(20)18(13-8-3-2-4-9-13)11-12-7-5-6-10-14(12)22-15(17)19/h2-10H,11H2,1H3,(H2,17,19). The lowest BCUT2D eigenvalue weighted by Crippen LogP contribution is -2.30. The molecule has 0 saturated heterocycles. The summed E-state index contributed by atoms with van der Waals surface area (Å²) in [7, 11) is 1.31. The van der Waals surface area contributed by atoms with Crippen LogP contribution in [0.2, 0.25) is 0 Å². The van der Waals surface area contributed by atoms with E-state index >= 15 is 0 Å². The minimum absolute atomic E-state index is 0.181. The molecule has 2 aromatic rings. The molecular weight excluding hydrogens is 284 g/mol. The molecule has 0 unspecified atom stereocenters. The smallest absolute Gasteiger partial charge is 0.414 e. The van der Waals surface area contributed by atoms with Gasteiger partial charge in [-0.25, -0.2) is 9.59 Å². The Morgan fingerprint density at radius 1 is 1.05 bits per heavy atom. The van der Waals surface area contributed by atoms with Gasteiger partial charge in [-0.3, -0.25) is 4.90 Å². The van der Waals surface area contributed by atoms with Gasteiger partial charge in [-0.2, -0.15) is 0 Å². The Bertz CT molecular complexity index is 658.